The van der Waals surface area contributed by atoms with Crippen LogP contribution in [0.2, 0.25) is 0 Å². The van der Waals surface area contributed by atoms with Crippen molar-refractivity contribution in [2.24, 2.45) is 11.7 Å². The second kappa shape index (κ2) is 10.7. The van der Waals surface area contributed by atoms with Gasteiger partial charge in [-0.25, -0.2) is 0 Å². The Bertz CT molecular complexity index is 1250. The largest absolute Gasteiger partial charge is 0.493 e. The van der Waals surface area contributed by atoms with E-state index in [0.717, 1.165) is 48.9 Å². The van der Waals surface area contributed by atoms with Crippen LogP contribution in [-0.2, 0) is 11.3 Å². The van der Waals surface area contributed by atoms with Gasteiger partial charge in [-0.1, -0.05) is 6.07 Å². The van der Waals surface area contributed by atoms with Gasteiger partial charge >= 0.3 is 0 Å². The molecule has 178 valence electrons. The number of aromatic nitrogens is 2. The van der Waals surface area contributed by atoms with Gasteiger partial charge in [0, 0.05) is 35.2 Å². The Morgan fingerprint density at radius 1 is 1.18 bits per heavy atom. The molecule has 2 aromatic heterocycles. The van der Waals surface area contributed by atoms with Crippen LogP contribution in [0.15, 0.2) is 59.2 Å². The highest BCUT2D eigenvalue weighted by Gasteiger charge is 2.19. The van der Waals surface area contributed by atoms with Crippen molar-refractivity contribution in [1.82, 2.24) is 14.9 Å². The third-order valence-electron chi connectivity index (χ3n) is 6.40. The molecule has 4 rings (SSSR count). The van der Waals surface area contributed by atoms with Crippen molar-refractivity contribution in [1.29, 1.82) is 0 Å². The lowest BCUT2D eigenvalue weighted by Gasteiger charge is -2.23. The van der Waals surface area contributed by atoms with Crippen molar-refractivity contribution >= 4 is 22.3 Å². The number of nitrogens with two attached hydrogens (primary N) is 1. The molecule has 1 aromatic carbocycles. The van der Waals surface area contributed by atoms with Crippen LogP contribution in [0.4, 0.5) is 0 Å². The number of nitrogens with zero attached hydrogens (tertiary/aromatic N) is 2. The molecule has 0 bridgehead atoms. The van der Waals surface area contributed by atoms with Crippen molar-refractivity contribution in [2.45, 2.75) is 39.7 Å². The minimum Gasteiger partial charge on any atom is -0.493 e. The molecule has 0 aliphatic carbocycles. The van der Waals surface area contributed by atoms with Gasteiger partial charge in [0.05, 0.1) is 24.4 Å². The summed E-state index contributed by atoms with van der Waals surface area (Å²) >= 11 is 0. The molecule has 0 radical (unpaired) electrons. The number of piperidine rings is 1. The molecule has 0 saturated carbocycles. The first-order chi connectivity index (χ1) is 16.4. The Morgan fingerprint density at radius 3 is 2.65 bits per heavy atom. The normalized spacial score (nSPS) is 15.2. The first kappa shape index (κ1) is 23.7. The number of ether oxygens (including phenoxy) is 1. The van der Waals surface area contributed by atoms with E-state index in [1.54, 1.807) is 29.8 Å². The van der Waals surface area contributed by atoms with E-state index < -0.39 is 0 Å². The van der Waals surface area contributed by atoms with Crippen LogP contribution in [0, 0.1) is 5.92 Å². The number of pyridine rings is 2. The summed E-state index contributed by atoms with van der Waals surface area (Å²) < 4.78 is 7.97. The smallest absolute Gasteiger partial charge is 0.251 e. The third kappa shape index (κ3) is 5.37. The summed E-state index contributed by atoms with van der Waals surface area (Å²) in [5.74, 6) is 1.06. The van der Waals surface area contributed by atoms with E-state index in [-0.39, 0.29) is 11.3 Å². The number of hydrogen-bond acceptors (Lipinski definition) is 6. The summed E-state index contributed by atoms with van der Waals surface area (Å²) in [6, 6.07) is 12.7. The molecule has 1 aliphatic heterocycles. The van der Waals surface area contributed by atoms with Gasteiger partial charge in [-0.2, -0.15) is 0 Å². The maximum atomic E-state index is 12.8. The molecule has 1 aliphatic rings. The van der Waals surface area contributed by atoms with E-state index in [4.69, 9.17) is 10.5 Å². The minimum atomic E-state index is -0.121. The zero-order valence-corrected chi connectivity index (χ0v) is 19.8. The molecule has 3 N–H and O–H groups in total. The van der Waals surface area contributed by atoms with Crippen LogP contribution in [0.1, 0.15) is 44.4 Å². The molecule has 34 heavy (non-hydrogen) atoms. The van der Waals surface area contributed by atoms with Gasteiger partial charge in [0.15, 0.2) is 5.78 Å². The topological polar surface area (TPSA) is 99.2 Å². The number of fused-ring (bicyclic) bond motifs is 1. The summed E-state index contributed by atoms with van der Waals surface area (Å²) in [5.41, 5.74) is 9.06. The fourth-order valence-corrected chi connectivity index (χ4v) is 4.64. The van der Waals surface area contributed by atoms with Crippen LogP contribution >= 0.6 is 0 Å². The Kier molecular flexibility index (Phi) is 7.43. The molecule has 0 unspecified atom stereocenters. The lowest BCUT2D eigenvalue weighted by atomic mass is 9.95. The van der Waals surface area contributed by atoms with Crippen LogP contribution in [0.3, 0.4) is 0 Å². The van der Waals surface area contributed by atoms with Gasteiger partial charge in [0.1, 0.15) is 5.75 Å². The molecule has 0 spiro atoms. The fraction of sp³-hybridized carbons (Fsp3) is 0.370. The monoisotopic (exact) mass is 460 g/mol. The second-order valence-electron chi connectivity index (χ2n) is 8.93. The van der Waals surface area contributed by atoms with E-state index >= 15 is 0 Å². The van der Waals surface area contributed by atoms with Gasteiger partial charge in [-0.05, 0) is 81.8 Å². The maximum Gasteiger partial charge on any atom is 0.251 e. The summed E-state index contributed by atoms with van der Waals surface area (Å²) in [4.78, 5) is 29.7. The van der Waals surface area contributed by atoms with Gasteiger partial charge < -0.3 is 20.4 Å². The number of benzene rings is 1. The average molecular weight is 461 g/mol. The standard InChI is InChI=1S/C27H32N4O3/c1-18(28)27(19(2)32)23-15-21-6-7-26(33)31(17-22-5-3-4-11-30-22)24(21)16-25(23)34-14-10-20-8-12-29-13-9-20/h3-7,11,15-16,20,29H,8-10,12-14,17,28H2,1-2H3. The van der Waals surface area contributed by atoms with Gasteiger partial charge in [-0.15, -0.1) is 0 Å². The average Bonchev–Trinajstić information content (AvgIpc) is 2.82. The van der Waals surface area contributed by atoms with Crippen molar-refractivity contribution in [3.8, 4) is 5.75 Å². The predicted molar refractivity (Wildman–Crippen MR) is 135 cm³/mol. The first-order valence-electron chi connectivity index (χ1n) is 11.8. The zero-order chi connectivity index (χ0) is 24.1. The van der Waals surface area contributed by atoms with Crippen LogP contribution in [-0.4, -0.2) is 35.0 Å². The van der Waals surface area contributed by atoms with E-state index in [9.17, 15) is 9.59 Å². The Morgan fingerprint density at radius 2 is 1.97 bits per heavy atom. The third-order valence-corrected chi connectivity index (χ3v) is 6.40. The highest BCUT2D eigenvalue weighted by molar-refractivity contribution is 6.21. The Hall–Kier alpha value is -3.45. The van der Waals surface area contributed by atoms with Crippen molar-refractivity contribution < 1.29 is 9.53 Å². The molecule has 3 aromatic rings. The van der Waals surface area contributed by atoms with E-state index in [0.29, 0.717) is 41.7 Å². The van der Waals surface area contributed by atoms with Crippen molar-refractivity contribution in [3.05, 3.63) is 76.0 Å². The van der Waals surface area contributed by atoms with Gasteiger partial charge in [0.2, 0.25) is 0 Å². The lowest BCUT2D eigenvalue weighted by Crippen LogP contribution is -2.28. The lowest BCUT2D eigenvalue weighted by molar-refractivity contribution is -0.111. The van der Waals surface area contributed by atoms with E-state index in [1.165, 1.54) is 6.92 Å². The number of carbonyl (C=O) groups excluding carboxylic acids is 1. The molecular weight excluding hydrogens is 428 g/mol. The number of nitrogens with one attached hydrogen (secondary N) is 1. The van der Waals surface area contributed by atoms with E-state index in [2.05, 4.69) is 10.3 Å². The second-order valence-corrected chi connectivity index (χ2v) is 8.93. The summed E-state index contributed by atoms with van der Waals surface area (Å²) in [5, 5.41) is 4.22. The summed E-state index contributed by atoms with van der Waals surface area (Å²) in [6.45, 7) is 6.19. The fourth-order valence-electron chi connectivity index (χ4n) is 4.64. The molecule has 0 atom stereocenters. The van der Waals surface area contributed by atoms with E-state index in [1.807, 2.05) is 30.3 Å². The minimum absolute atomic E-state index is 0.121. The number of carbonyl (C=O) groups is 1. The predicted octanol–water partition coefficient (Wildman–Crippen LogP) is 3.49. The highest BCUT2D eigenvalue weighted by atomic mass is 16.5. The van der Waals surface area contributed by atoms with Gasteiger partial charge in [0.25, 0.3) is 5.56 Å². The molecule has 3 heterocycles. The summed E-state index contributed by atoms with van der Waals surface area (Å²) in [7, 11) is 0. The summed E-state index contributed by atoms with van der Waals surface area (Å²) in [6.07, 6.45) is 4.93. The first-order valence-corrected chi connectivity index (χ1v) is 11.8. The van der Waals surface area contributed by atoms with Crippen LogP contribution in [0.25, 0.3) is 16.5 Å². The van der Waals surface area contributed by atoms with Crippen LogP contribution < -0.4 is 21.3 Å². The maximum absolute atomic E-state index is 12.8. The Balaban J connectivity index is 1.77. The molecule has 7 nitrogen and oxygen atoms in total. The molecule has 1 saturated heterocycles. The number of allylic oxidation sites excluding steroid dienone is 2. The number of ketones is 1. The molecule has 0 amide bonds. The Labute approximate surface area is 199 Å². The quantitative estimate of drug-likeness (QED) is 0.499. The number of rotatable bonds is 8. The van der Waals surface area contributed by atoms with Crippen LogP contribution in [0.5, 0.6) is 5.75 Å². The van der Waals surface area contributed by atoms with Crippen molar-refractivity contribution in [2.75, 3.05) is 19.7 Å². The van der Waals surface area contributed by atoms with Crippen molar-refractivity contribution in [3.63, 3.8) is 0 Å². The SMILES string of the molecule is CC(=O)C(=C(C)N)c1cc2ccc(=O)n(Cc3ccccn3)c2cc1OCCC1CCNCC1. The number of Topliss-reactive ketones (excluding diaryl/α,β-unsaturated/α-hetero) is 1. The highest BCUT2D eigenvalue weighted by Crippen LogP contribution is 2.33. The molecule has 1 fully saturated rings. The number of hydrogen-bond donors (Lipinski definition) is 2. The molecule has 7 heteroatoms. The zero-order valence-electron chi connectivity index (χ0n) is 19.8. The molecular formula is C27H32N4O3. The van der Waals surface area contributed by atoms with Gasteiger partial charge in [-0.3, -0.25) is 14.6 Å².